The number of carbonyl (C=O) groups excluding carboxylic acids is 2. The summed E-state index contributed by atoms with van der Waals surface area (Å²) in [5.74, 6) is -2.46. The Hall–Kier alpha value is -2.40. The zero-order valence-corrected chi connectivity index (χ0v) is 20.2. The monoisotopic (exact) mass is 490 g/mol. The van der Waals surface area contributed by atoms with Gasteiger partial charge in [-0.15, -0.1) is 11.8 Å². The maximum atomic E-state index is 12.5. The number of carboxylic acid groups (broad SMARTS) is 1. The molecule has 2 fully saturated rings. The predicted octanol–water partition coefficient (Wildman–Crippen LogP) is 2.01. The van der Waals surface area contributed by atoms with E-state index < -0.39 is 18.0 Å². The van der Waals surface area contributed by atoms with Crippen molar-refractivity contribution in [2.24, 2.45) is 11.8 Å². The molecule has 2 amide bonds. The van der Waals surface area contributed by atoms with Gasteiger partial charge in [-0.2, -0.15) is 0 Å². The number of β-lactam (4-membered cyclic amide) rings is 1. The first-order chi connectivity index (χ1) is 16.2. The van der Waals surface area contributed by atoms with Crippen LogP contribution in [0.2, 0.25) is 0 Å². The van der Waals surface area contributed by atoms with E-state index in [1.807, 2.05) is 37.3 Å². The summed E-state index contributed by atoms with van der Waals surface area (Å²) >= 11 is 1.43. The van der Waals surface area contributed by atoms with Gasteiger partial charge in [0, 0.05) is 23.0 Å². The number of ether oxygens (including phenoxy) is 1. The Balaban J connectivity index is 1.38. The third-order valence-electron chi connectivity index (χ3n) is 6.60. The van der Waals surface area contributed by atoms with Crippen LogP contribution in [0, 0.1) is 11.8 Å². The number of carboxylic acids is 1. The number of carbonyl (C=O) groups is 3. The molecule has 9 nitrogen and oxygen atoms in total. The molecule has 1 aromatic carbocycles. The summed E-state index contributed by atoms with van der Waals surface area (Å²) in [6.45, 7) is 5.86. The molecule has 3 aliphatic rings. The summed E-state index contributed by atoms with van der Waals surface area (Å²) in [4.78, 5) is 44.3. The van der Waals surface area contributed by atoms with Crippen molar-refractivity contribution < 1.29 is 34.2 Å². The Labute approximate surface area is 202 Å². The fourth-order valence-electron chi connectivity index (χ4n) is 4.92. The van der Waals surface area contributed by atoms with Crippen LogP contribution in [-0.2, 0) is 30.6 Å². The number of fused-ring (bicyclic) bond motifs is 1. The van der Waals surface area contributed by atoms with E-state index in [2.05, 4.69) is 0 Å². The molecule has 3 heterocycles. The zero-order valence-electron chi connectivity index (χ0n) is 19.4. The van der Waals surface area contributed by atoms with Crippen molar-refractivity contribution in [3.05, 3.63) is 46.5 Å². The Kier molecular flexibility index (Phi) is 7.32. The van der Waals surface area contributed by atoms with Crippen LogP contribution in [-0.4, -0.2) is 74.6 Å². The average molecular weight is 491 g/mol. The maximum Gasteiger partial charge on any atom is 0.353 e. The number of aliphatic hydroxyl groups is 1. The summed E-state index contributed by atoms with van der Waals surface area (Å²) in [5, 5.41) is 21.1. The number of benzene rings is 1. The molecule has 10 heteroatoms. The van der Waals surface area contributed by atoms with Crippen LogP contribution in [0.1, 0.15) is 32.8 Å². The molecule has 0 radical (unpaired) electrons. The smallest absolute Gasteiger partial charge is 0.353 e. The van der Waals surface area contributed by atoms with Gasteiger partial charge < -0.3 is 19.8 Å². The fraction of sp³-hybridized carbons (Fsp3) is 0.542. The van der Waals surface area contributed by atoms with Crippen molar-refractivity contribution >= 4 is 29.5 Å². The van der Waals surface area contributed by atoms with Gasteiger partial charge in [-0.05, 0) is 18.9 Å². The third-order valence-corrected chi connectivity index (χ3v) is 8.08. The second-order valence-electron chi connectivity index (χ2n) is 9.04. The van der Waals surface area contributed by atoms with Gasteiger partial charge in [0.05, 0.1) is 37.3 Å². The topological polar surface area (TPSA) is 117 Å². The normalized spacial score (nSPS) is 29.1. The molecule has 34 heavy (non-hydrogen) atoms. The second-order valence-corrected chi connectivity index (χ2v) is 10.4. The number of aliphatic carboxylic acids is 1. The number of hydroxylamine groups is 2. The van der Waals surface area contributed by atoms with Crippen LogP contribution >= 0.6 is 11.8 Å². The van der Waals surface area contributed by atoms with E-state index in [9.17, 15) is 24.6 Å². The molecular weight excluding hydrogens is 460 g/mol. The molecule has 0 saturated carbocycles. The van der Waals surface area contributed by atoms with Crippen LogP contribution in [0.15, 0.2) is 40.9 Å². The summed E-state index contributed by atoms with van der Waals surface area (Å²) in [6.07, 6.45) is -0.458. The Bertz CT molecular complexity index is 983. The number of nitrogens with zero attached hydrogens (tertiary/aromatic N) is 2. The van der Waals surface area contributed by atoms with Gasteiger partial charge in [-0.25, -0.2) is 9.86 Å². The lowest BCUT2D eigenvalue weighted by atomic mass is 9.79. The molecule has 184 valence electrons. The molecule has 0 spiro atoms. The van der Waals surface area contributed by atoms with E-state index >= 15 is 0 Å². The molecule has 3 aliphatic heterocycles. The van der Waals surface area contributed by atoms with E-state index in [0.717, 1.165) is 5.56 Å². The molecule has 6 atom stereocenters. The number of hydrogen-bond acceptors (Lipinski definition) is 7. The summed E-state index contributed by atoms with van der Waals surface area (Å²) in [7, 11) is 0. The minimum atomic E-state index is -1.14. The largest absolute Gasteiger partial charge is 0.477 e. The van der Waals surface area contributed by atoms with Crippen molar-refractivity contribution in [1.82, 2.24) is 9.96 Å². The molecule has 6 unspecified atom stereocenters. The molecular formula is C24H30N2O7S. The number of rotatable bonds is 9. The minimum Gasteiger partial charge on any atom is -0.477 e. The molecule has 0 aromatic heterocycles. The van der Waals surface area contributed by atoms with Crippen molar-refractivity contribution in [2.45, 2.75) is 57.3 Å². The Morgan fingerprint density at radius 3 is 2.65 bits per heavy atom. The molecule has 1 aromatic rings. The highest BCUT2D eigenvalue weighted by Gasteiger charge is 2.60. The first-order valence-corrected chi connectivity index (χ1v) is 12.3. The highest BCUT2D eigenvalue weighted by Crippen LogP contribution is 2.52. The van der Waals surface area contributed by atoms with Gasteiger partial charge in [0.2, 0.25) is 11.8 Å². The minimum absolute atomic E-state index is 0.0152. The predicted molar refractivity (Wildman–Crippen MR) is 124 cm³/mol. The lowest BCUT2D eigenvalue weighted by molar-refractivity contribution is -0.196. The van der Waals surface area contributed by atoms with Crippen LogP contribution in [0.5, 0.6) is 0 Å². The summed E-state index contributed by atoms with van der Waals surface area (Å²) < 4.78 is 5.90. The standard InChI is InChI=1S/C24H30N2O7S/c1-13-20-19(14(2)27)23(29)26(20)21(24(30)31)22(13)34-18-9-17(32-12-18)10-25(15(3)28)33-11-16-7-5-4-6-8-16/h4-8,13-14,17-20,27H,9-12H2,1-3H3,(H,30,31). The van der Waals surface area contributed by atoms with E-state index in [0.29, 0.717) is 17.9 Å². The Morgan fingerprint density at radius 1 is 1.32 bits per heavy atom. The van der Waals surface area contributed by atoms with E-state index in [1.165, 1.54) is 28.6 Å². The number of amides is 2. The van der Waals surface area contributed by atoms with Gasteiger partial charge in [-0.1, -0.05) is 37.3 Å². The number of thioether (sulfide) groups is 1. The molecule has 0 aliphatic carbocycles. The van der Waals surface area contributed by atoms with Crippen molar-refractivity contribution in [2.75, 3.05) is 13.2 Å². The second kappa shape index (κ2) is 10.1. The van der Waals surface area contributed by atoms with E-state index in [-0.39, 0.29) is 54.0 Å². The maximum absolute atomic E-state index is 12.5. The zero-order chi connectivity index (χ0) is 24.6. The van der Waals surface area contributed by atoms with Crippen LogP contribution in [0.25, 0.3) is 0 Å². The van der Waals surface area contributed by atoms with E-state index in [1.54, 1.807) is 6.92 Å². The number of hydrogen-bond donors (Lipinski definition) is 2. The van der Waals surface area contributed by atoms with Crippen molar-refractivity contribution in [3.8, 4) is 0 Å². The number of aliphatic hydroxyl groups excluding tert-OH is 1. The van der Waals surface area contributed by atoms with Gasteiger partial charge >= 0.3 is 5.97 Å². The van der Waals surface area contributed by atoms with Gasteiger partial charge in [0.25, 0.3) is 0 Å². The molecule has 2 N–H and O–H groups in total. The van der Waals surface area contributed by atoms with E-state index in [4.69, 9.17) is 9.57 Å². The molecule has 2 saturated heterocycles. The third kappa shape index (κ3) is 4.72. The van der Waals surface area contributed by atoms with Crippen molar-refractivity contribution in [1.29, 1.82) is 0 Å². The summed E-state index contributed by atoms with van der Waals surface area (Å²) in [6, 6.07) is 9.23. The van der Waals surface area contributed by atoms with Crippen molar-refractivity contribution in [3.63, 3.8) is 0 Å². The first kappa shape index (κ1) is 24.7. The SMILES string of the molecule is CC(=O)N(CC1CC(SC2=C(C(=O)O)N3C(=O)C(C(C)O)C3C2C)CO1)OCc1ccccc1. The fourth-order valence-corrected chi connectivity index (χ4v) is 6.39. The van der Waals surface area contributed by atoms with Crippen LogP contribution < -0.4 is 0 Å². The highest BCUT2D eigenvalue weighted by atomic mass is 32.2. The van der Waals surface area contributed by atoms with Gasteiger partial charge in [-0.3, -0.25) is 14.4 Å². The highest BCUT2D eigenvalue weighted by molar-refractivity contribution is 8.03. The lowest BCUT2D eigenvalue weighted by Crippen LogP contribution is -2.63. The Morgan fingerprint density at radius 2 is 2.03 bits per heavy atom. The average Bonchev–Trinajstić information content (AvgIpc) is 3.32. The van der Waals surface area contributed by atoms with Gasteiger partial charge in [0.1, 0.15) is 12.3 Å². The summed E-state index contributed by atoms with van der Waals surface area (Å²) in [5.41, 5.74) is 0.969. The first-order valence-electron chi connectivity index (χ1n) is 11.4. The molecule has 4 rings (SSSR count). The van der Waals surface area contributed by atoms with Crippen LogP contribution in [0.4, 0.5) is 0 Å². The molecule has 0 bridgehead atoms. The van der Waals surface area contributed by atoms with Gasteiger partial charge in [0.15, 0.2) is 0 Å². The quantitative estimate of drug-likeness (QED) is 0.399. The van der Waals surface area contributed by atoms with Crippen LogP contribution in [0.3, 0.4) is 0 Å². The lowest BCUT2D eigenvalue weighted by Gasteiger charge is -2.46.